The predicted octanol–water partition coefficient (Wildman–Crippen LogP) is 2.82. The molecular weight excluding hydrogens is 430 g/mol. The molecule has 2 heterocycles. The molecule has 2 aliphatic rings. The van der Waals surface area contributed by atoms with Gasteiger partial charge in [0.15, 0.2) is 11.2 Å². The molecule has 0 spiro atoms. The van der Waals surface area contributed by atoms with Gasteiger partial charge in [-0.2, -0.15) is 5.26 Å². The number of hydrogen-bond acceptors (Lipinski definition) is 7. The van der Waals surface area contributed by atoms with Crippen LogP contribution in [0.1, 0.15) is 35.1 Å². The van der Waals surface area contributed by atoms with Gasteiger partial charge in [-0.15, -0.1) is 0 Å². The van der Waals surface area contributed by atoms with E-state index < -0.39 is 23.2 Å². The maximum absolute atomic E-state index is 12.6. The van der Waals surface area contributed by atoms with Crippen molar-refractivity contribution in [1.29, 1.82) is 5.26 Å². The van der Waals surface area contributed by atoms with Crippen molar-refractivity contribution in [3.05, 3.63) is 89.2 Å². The molecule has 3 N–H and O–H groups in total. The summed E-state index contributed by atoms with van der Waals surface area (Å²) in [4.78, 5) is 4.23. The molecule has 2 aromatic carbocycles. The minimum absolute atomic E-state index is 0.352. The van der Waals surface area contributed by atoms with Gasteiger partial charge in [0.2, 0.25) is 0 Å². The number of benzene rings is 2. The van der Waals surface area contributed by atoms with Crippen molar-refractivity contribution in [2.45, 2.75) is 30.1 Å². The molecule has 34 heavy (non-hydrogen) atoms. The Morgan fingerprint density at radius 2 is 1.88 bits per heavy atom. The first-order valence-electron chi connectivity index (χ1n) is 11.4. The van der Waals surface area contributed by atoms with Crippen molar-refractivity contribution in [2.75, 3.05) is 20.2 Å². The standard InChI is InChI=1S/C27H27N3O4/c1-3-29-14-20-23(18-7-5-4-6-8-18)27(19-11-9-17(13-28)10-12-19)26(32,25(20)31)24-21(33-2)15-30-16-22(24)34-27/h4-12,15-16,20,23,25,29,31-32H,3,14H2,1-2H3/t20-,23-,25-,26+,27?/m1/s1. The molecule has 0 amide bonds. The molecule has 7 heteroatoms. The molecular formula is C27H27N3O4. The van der Waals surface area contributed by atoms with Gasteiger partial charge in [0.1, 0.15) is 11.5 Å². The number of nitriles is 1. The highest BCUT2D eigenvalue weighted by Gasteiger charge is 2.76. The average Bonchev–Trinajstić information content (AvgIpc) is 3.26. The van der Waals surface area contributed by atoms with Crippen molar-refractivity contribution in [3.8, 4) is 17.6 Å². The molecule has 174 valence electrons. The first kappa shape index (κ1) is 22.4. The van der Waals surface area contributed by atoms with Crippen LogP contribution in [0.4, 0.5) is 0 Å². The van der Waals surface area contributed by atoms with Crippen molar-refractivity contribution in [2.24, 2.45) is 5.92 Å². The van der Waals surface area contributed by atoms with Gasteiger partial charge in [0.05, 0.1) is 42.8 Å². The third kappa shape index (κ3) is 2.90. The fourth-order valence-electron chi connectivity index (χ4n) is 5.86. The Kier molecular flexibility index (Phi) is 5.53. The fourth-order valence-corrected chi connectivity index (χ4v) is 5.86. The summed E-state index contributed by atoms with van der Waals surface area (Å²) in [7, 11) is 1.51. The number of aliphatic hydroxyl groups excluding tert-OH is 1. The lowest BCUT2D eigenvalue weighted by molar-refractivity contribution is -0.152. The van der Waals surface area contributed by atoms with Crippen molar-refractivity contribution < 1.29 is 19.7 Å². The maximum Gasteiger partial charge on any atom is 0.177 e. The number of rotatable bonds is 6. The molecule has 3 aromatic rings. The van der Waals surface area contributed by atoms with E-state index >= 15 is 0 Å². The summed E-state index contributed by atoms with van der Waals surface area (Å²) in [6.45, 7) is 3.20. The van der Waals surface area contributed by atoms with E-state index in [9.17, 15) is 15.5 Å². The molecule has 1 aliphatic carbocycles. The summed E-state index contributed by atoms with van der Waals surface area (Å²) >= 11 is 0. The molecule has 1 saturated carbocycles. The molecule has 1 unspecified atom stereocenters. The molecule has 0 radical (unpaired) electrons. The van der Waals surface area contributed by atoms with Gasteiger partial charge in [0, 0.05) is 18.4 Å². The zero-order valence-electron chi connectivity index (χ0n) is 19.1. The van der Waals surface area contributed by atoms with Crippen LogP contribution in [-0.4, -0.2) is 41.5 Å². The Balaban J connectivity index is 1.83. The number of pyridine rings is 1. The van der Waals surface area contributed by atoms with Crippen LogP contribution in [0.15, 0.2) is 67.0 Å². The maximum atomic E-state index is 12.6. The number of ether oxygens (including phenoxy) is 2. The minimum Gasteiger partial charge on any atom is -0.495 e. The summed E-state index contributed by atoms with van der Waals surface area (Å²) < 4.78 is 12.3. The molecule has 1 aromatic heterocycles. The molecule has 1 aliphatic heterocycles. The van der Waals surface area contributed by atoms with E-state index in [4.69, 9.17) is 9.47 Å². The molecule has 0 bridgehead atoms. The number of aromatic nitrogens is 1. The number of fused-ring (bicyclic) bond motifs is 3. The molecule has 0 saturated heterocycles. The average molecular weight is 458 g/mol. The lowest BCUT2D eigenvalue weighted by Crippen LogP contribution is -2.52. The lowest BCUT2D eigenvalue weighted by Gasteiger charge is -2.41. The van der Waals surface area contributed by atoms with Crippen LogP contribution in [0.5, 0.6) is 11.5 Å². The van der Waals surface area contributed by atoms with E-state index in [-0.39, 0.29) is 5.92 Å². The van der Waals surface area contributed by atoms with E-state index in [0.717, 1.165) is 12.1 Å². The summed E-state index contributed by atoms with van der Waals surface area (Å²) in [6.07, 6.45) is 1.90. The summed E-state index contributed by atoms with van der Waals surface area (Å²) in [5.41, 5.74) is -0.714. The number of hydrogen-bond donors (Lipinski definition) is 3. The predicted molar refractivity (Wildman–Crippen MR) is 125 cm³/mol. The zero-order chi connectivity index (χ0) is 23.9. The van der Waals surface area contributed by atoms with Gasteiger partial charge in [0.25, 0.3) is 0 Å². The van der Waals surface area contributed by atoms with Crippen molar-refractivity contribution >= 4 is 0 Å². The first-order chi connectivity index (χ1) is 16.5. The Labute approximate surface area is 198 Å². The largest absolute Gasteiger partial charge is 0.495 e. The highest BCUT2D eigenvalue weighted by molar-refractivity contribution is 5.59. The highest BCUT2D eigenvalue weighted by Crippen LogP contribution is 2.69. The van der Waals surface area contributed by atoms with E-state index in [2.05, 4.69) is 16.4 Å². The van der Waals surface area contributed by atoms with E-state index in [1.165, 1.54) is 13.3 Å². The van der Waals surface area contributed by atoms with Crippen LogP contribution in [0.2, 0.25) is 0 Å². The van der Waals surface area contributed by atoms with Gasteiger partial charge in [-0.05, 0) is 29.8 Å². The summed E-state index contributed by atoms with van der Waals surface area (Å²) in [6, 6.07) is 19.0. The minimum atomic E-state index is -1.83. The summed E-state index contributed by atoms with van der Waals surface area (Å²) in [5.74, 6) is -0.0784. The third-order valence-corrected chi connectivity index (χ3v) is 7.25. The summed E-state index contributed by atoms with van der Waals surface area (Å²) in [5, 5.41) is 37.2. The van der Waals surface area contributed by atoms with Gasteiger partial charge < -0.3 is 25.0 Å². The van der Waals surface area contributed by atoms with Gasteiger partial charge in [-0.1, -0.05) is 49.4 Å². The zero-order valence-corrected chi connectivity index (χ0v) is 19.1. The normalized spacial score (nSPS) is 29.1. The second-order valence-electron chi connectivity index (χ2n) is 8.81. The van der Waals surface area contributed by atoms with Crippen LogP contribution in [0, 0.1) is 17.2 Å². The van der Waals surface area contributed by atoms with Crippen LogP contribution < -0.4 is 14.8 Å². The number of aliphatic hydroxyl groups is 2. The van der Waals surface area contributed by atoms with Gasteiger partial charge in [-0.25, -0.2) is 0 Å². The second-order valence-corrected chi connectivity index (χ2v) is 8.81. The first-order valence-corrected chi connectivity index (χ1v) is 11.4. The Hall–Kier alpha value is -3.44. The third-order valence-electron chi connectivity index (χ3n) is 7.25. The Bertz CT molecular complexity index is 1230. The second kappa shape index (κ2) is 8.41. The molecule has 1 fully saturated rings. The SMILES string of the molecule is CCNC[C@@H]1[C@@H](c2ccccc2)C2(c3ccc(C#N)cc3)Oc3cncc(OC)c3[C@]2(O)[C@@H]1O. The van der Waals surface area contributed by atoms with E-state index in [1.54, 1.807) is 30.5 Å². The number of methoxy groups -OCH3 is 1. The monoisotopic (exact) mass is 457 g/mol. The van der Waals surface area contributed by atoms with E-state index in [1.807, 2.05) is 37.3 Å². The molecule has 5 rings (SSSR count). The Morgan fingerprint density at radius 3 is 2.53 bits per heavy atom. The van der Waals surface area contributed by atoms with Crippen LogP contribution in [0.3, 0.4) is 0 Å². The smallest absolute Gasteiger partial charge is 0.177 e. The van der Waals surface area contributed by atoms with Crippen LogP contribution in [0.25, 0.3) is 0 Å². The van der Waals surface area contributed by atoms with Crippen molar-refractivity contribution in [3.63, 3.8) is 0 Å². The fraction of sp³-hybridized carbons (Fsp3) is 0.333. The highest BCUT2D eigenvalue weighted by atomic mass is 16.5. The number of nitrogens with zero attached hydrogens (tertiary/aromatic N) is 2. The lowest BCUT2D eigenvalue weighted by atomic mass is 9.70. The quantitative estimate of drug-likeness (QED) is 0.522. The molecule has 7 nitrogen and oxygen atoms in total. The number of nitrogens with one attached hydrogen (secondary N) is 1. The molecule has 5 atom stereocenters. The van der Waals surface area contributed by atoms with Crippen LogP contribution >= 0.6 is 0 Å². The van der Waals surface area contributed by atoms with Gasteiger partial charge >= 0.3 is 0 Å². The van der Waals surface area contributed by atoms with Gasteiger partial charge in [-0.3, -0.25) is 4.98 Å². The van der Waals surface area contributed by atoms with E-state index in [0.29, 0.717) is 34.7 Å². The Morgan fingerprint density at radius 1 is 1.15 bits per heavy atom. The van der Waals surface area contributed by atoms with Crippen molar-refractivity contribution in [1.82, 2.24) is 10.3 Å². The van der Waals surface area contributed by atoms with Crippen LogP contribution in [-0.2, 0) is 11.2 Å². The topological polar surface area (TPSA) is 108 Å².